The molecule has 0 heterocycles. The van der Waals surface area contributed by atoms with Gasteiger partial charge in [-0.3, -0.25) is 14.4 Å². The number of ether oxygens (including phenoxy) is 3. The minimum absolute atomic E-state index is 0.0966. The van der Waals surface area contributed by atoms with Crippen molar-refractivity contribution in [3.05, 3.63) is 85.1 Å². The fourth-order valence-corrected chi connectivity index (χ4v) is 7.02. The molecule has 0 saturated heterocycles. The molecule has 1 atom stereocenters. The van der Waals surface area contributed by atoms with Crippen molar-refractivity contribution in [2.75, 3.05) is 13.2 Å². The fraction of sp³-hybridized carbons (Fsp3) is 0.702. The number of esters is 3. The van der Waals surface area contributed by atoms with Crippen LogP contribution >= 0.6 is 0 Å². The third-order valence-corrected chi connectivity index (χ3v) is 10.9. The Labute approximate surface area is 388 Å². The molecule has 63 heavy (non-hydrogen) atoms. The molecule has 0 aliphatic heterocycles. The van der Waals surface area contributed by atoms with E-state index in [1.807, 2.05) is 6.08 Å². The lowest BCUT2D eigenvalue weighted by Crippen LogP contribution is -2.30. The summed E-state index contributed by atoms with van der Waals surface area (Å²) in [4.78, 5) is 37.9. The summed E-state index contributed by atoms with van der Waals surface area (Å²) in [5, 5.41) is 0. The number of allylic oxidation sites excluding steroid dienone is 13. The first-order chi connectivity index (χ1) is 31.0. The van der Waals surface area contributed by atoms with Gasteiger partial charge in [-0.1, -0.05) is 228 Å². The van der Waals surface area contributed by atoms with E-state index < -0.39 is 12.1 Å². The molecule has 0 aromatic heterocycles. The molecule has 6 heteroatoms. The Morgan fingerprint density at radius 3 is 1.08 bits per heavy atom. The molecule has 0 aliphatic rings. The number of hydrogen-bond acceptors (Lipinski definition) is 6. The van der Waals surface area contributed by atoms with E-state index in [1.54, 1.807) is 6.08 Å². The Bertz CT molecular complexity index is 1240. The number of hydrogen-bond donors (Lipinski definition) is 0. The standard InChI is InChI=1S/C57H96O6/c1-4-7-10-13-16-19-22-24-26-27-28-29-31-32-35-38-41-44-47-50-56(59)62-53-54(52-61-55(58)49-46-43-40-37-34-21-18-15-12-9-6-3)63-57(60)51-48-45-42-39-36-33-30-25-23-20-17-14-11-8-5-2/h8,11,16-17,19-20,24-26,30,36,39,45,48,54H,4-7,9-10,12-15,18,21-23,27-29,31-35,37-38,40-44,46-47,49-53H2,1-3H3/b11-8-,19-16-,20-17-,26-24-,30-25-,39-36-,48-45-. The molecule has 0 aromatic carbocycles. The molecule has 0 aromatic rings. The zero-order valence-corrected chi connectivity index (χ0v) is 41.1. The van der Waals surface area contributed by atoms with Crippen LogP contribution in [0.5, 0.6) is 0 Å². The Hall–Kier alpha value is -3.41. The number of rotatable bonds is 46. The van der Waals surface area contributed by atoms with Gasteiger partial charge in [0.25, 0.3) is 0 Å². The van der Waals surface area contributed by atoms with Crippen molar-refractivity contribution in [1.82, 2.24) is 0 Å². The maximum atomic E-state index is 12.7. The van der Waals surface area contributed by atoms with Gasteiger partial charge in [-0.05, 0) is 77.0 Å². The lowest BCUT2D eigenvalue weighted by Gasteiger charge is -2.18. The van der Waals surface area contributed by atoms with E-state index in [1.165, 1.54) is 122 Å². The minimum atomic E-state index is -0.830. The second kappa shape index (κ2) is 51.2. The van der Waals surface area contributed by atoms with Crippen molar-refractivity contribution in [3.63, 3.8) is 0 Å². The van der Waals surface area contributed by atoms with Gasteiger partial charge in [0.15, 0.2) is 6.10 Å². The maximum absolute atomic E-state index is 12.7. The van der Waals surface area contributed by atoms with Crippen LogP contribution in [0.4, 0.5) is 0 Å². The van der Waals surface area contributed by atoms with Gasteiger partial charge in [0.05, 0.1) is 6.42 Å². The van der Waals surface area contributed by atoms with E-state index in [-0.39, 0.29) is 31.6 Å². The molecule has 0 rings (SSSR count). The summed E-state index contributed by atoms with van der Waals surface area (Å²) in [6.07, 6.45) is 65.9. The summed E-state index contributed by atoms with van der Waals surface area (Å²) in [6, 6.07) is 0. The highest BCUT2D eigenvalue weighted by atomic mass is 16.6. The Morgan fingerprint density at radius 2 is 0.667 bits per heavy atom. The lowest BCUT2D eigenvalue weighted by molar-refractivity contribution is -0.166. The van der Waals surface area contributed by atoms with Gasteiger partial charge in [0, 0.05) is 12.8 Å². The van der Waals surface area contributed by atoms with Crippen molar-refractivity contribution in [2.24, 2.45) is 0 Å². The van der Waals surface area contributed by atoms with Crippen LogP contribution in [0.2, 0.25) is 0 Å². The van der Waals surface area contributed by atoms with Crippen molar-refractivity contribution < 1.29 is 28.6 Å². The molecule has 0 aliphatic carbocycles. The third-order valence-electron chi connectivity index (χ3n) is 10.9. The smallest absolute Gasteiger partial charge is 0.310 e. The summed E-state index contributed by atoms with van der Waals surface area (Å²) in [5.74, 6) is -1.05. The average Bonchev–Trinajstić information content (AvgIpc) is 3.28. The summed E-state index contributed by atoms with van der Waals surface area (Å²) in [6.45, 7) is 6.40. The molecule has 0 N–H and O–H groups in total. The lowest BCUT2D eigenvalue weighted by atomic mass is 10.1. The zero-order chi connectivity index (χ0) is 45.8. The molecule has 0 fully saturated rings. The van der Waals surface area contributed by atoms with Gasteiger partial charge in [-0.25, -0.2) is 0 Å². The second-order valence-corrected chi connectivity index (χ2v) is 17.1. The third kappa shape index (κ3) is 49.5. The molecule has 0 saturated carbocycles. The van der Waals surface area contributed by atoms with Gasteiger partial charge in [0.2, 0.25) is 0 Å². The van der Waals surface area contributed by atoms with Crippen LogP contribution in [0.1, 0.15) is 239 Å². The van der Waals surface area contributed by atoms with Crippen molar-refractivity contribution >= 4 is 17.9 Å². The van der Waals surface area contributed by atoms with E-state index in [0.717, 1.165) is 77.0 Å². The highest BCUT2D eigenvalue weighted by Crippen LogP contribution is 2.14. The average molecular weight is 877 g/mol. The van der Waals surface area contributed by atoms with Crippen LogP contribution in [0.15, 0.2) is 85.1 Å². The van der Waals surface area contributed by atoms with E-state index >= 15 is 0 Å². The number of carbonyl (C=O) groups is 3. The predicted octanol–water partition coefficient (Wildman–Crippen LogP) is 17.2. The highest BCUT2D eigenvalue weighted by Gasteiger charge is 2.19. The molecule has 360 valence electrons. The normalized spacial score (nSPS) is 12.7. The van der Waals surface area contributed by atoms with Crippen molar-refractivity contribution in [2.45, 2.75) is 245 Å². The van der Waals surface area contributed by atoms with E-state index in [0.29, 0.717) is 12.8 Å². The molecule has 6 nitrogen and oxygen atoms in total. The van der Waals surface area contributed by atoms with Crippen LogP contribution < -0.4 is 0 Å². The summed E-state index contributed by atoms with van der Waals surface area (Å²) in [5.41, 5.74) is 0. The van der Waals surface area contributed by atoms with Gasteiger partial charge < -0.3 is 14.2 Å². The monoisotopic (exact) mass is 877 g/mol. The van der Waals surface area contributed by atoms with Crippen LogP contribution in [0, 0.1) is 0 Å². The fourth-order valence-electron chi connectivity index (χ4n) is 7.02. The molecule has 0 bridgehead atoms. The quantitative estimate of drug-likeness (QED) is 0.0262. The van der Waals surface area contributed by atoms with Crippen molar-refractivity contribution in [1.29, 1.82) is 0 Å². The van der Waals surface area contributed by atoms with Gasteiger partial charge in [0.1, 0.15) is 13.2 Å². The summed E-state index contributed by atoms with van der Waals surface area (Å²) >= 11 is 0. The van der Waals surface area contributed by atoms with Gasteiger partial charge in [-0.2, -0.15) is 0 Å². The van der Waals surface area contributed by atoms with Crippen LogP contribution in [0.25, 0.3) is 0 Å². The summed E-state index contributed by atoms with van der Waals surface area (Å²) < 4.78 is 16.7. The van der Waals surface area contributed by atoms with Crippen LogP contribution in [-0.2, 0) is 28.6 Å². The predicted molar refractivity (Wildman–Crippen MR) is 270 cm³/mol. The molecule has 0 radical (unpaired) electrons. The SMILES string of the molecule is CC/C=C\C/C=C\C/C=C\C/C=C\C/C=C\CC(=O)OC(COC(=O)CCCCCCCCCCC/C=C\C/C=C\CCCCC)COC(=O)CCCCCCCCCCCCC. The second-order valence-electron chi connectivity index (χ2n) is 17.1. The van der Waals surface area contributed by atoms with Crippen LogP contribution in [-0.4, -0.2) is 37.2 Å². The molecule has 1 unspecified atom stereocenters. The number of unbranched alkanes of at least 4 members (excludes halogenated alkanes) is 22. The van der Waals surface area contributed by atoms with Gasteiger partial charge in [-0.15, -0.1) is 0 Å². The van der Waals surface area contributed by atoms with E-state index in [9.17, 15) is 14.4 Å². The molecule has 0 spiro atoms. The first-order valence-electron chi connectivity index (χ1n) is 26.1. The van der Waals surface area contributed by atoms with Crippen LogP contribution in [0.3, 0.4) is 0 Å². The molecular formula is C57H96O6. The number of carbonyl (C=O) groups excluding carboxylic acids is 3. The Morgan fingerprint density at radius 1 is 0.349 bits per heavy atom. The van der Waals surface area contributed by atoms with Gasteiger partial charge >= 0.3 is 17.9 Å². The molecular weight excluding hydrogens is 781 g/mol. The maximum Gasteiger partial charge on any atom is 0.310 e. The topological polar surface area (TPSA) is 78.9 Å². The first kappa shape index (κ1) is 59.6. The largest absolute Gasteiger partial charge is 0.462 e. The van der Waals surface area contributed by atoms with E-state index in [2.05, 4.69) is 93.7 Å². The minimum Gasteiger partial charge on any atom is -0.462 e. The van der Waals surface area contributed by atoms with Crippen molar-refractivity contribution in [3.8, 4) is 0 Å². The first-order valence-corrected chi connectivity index (χ1v) is 26.1. The van der Waals surface area contributed by atoms with E-state index in [4.69, 9.17) is 14.2 Å². The Kier molecular flexibility index (Phi) is 48.5. The molecule has 0 amide bonds. The Balaban J connectivity index is 4.45. The summed E-state index contributed by atoms with van der Waals surface area (Å²) in [7, 11) is 0. The zero-order valence-electron chi connectivity index (χ0n) is 41.1. The highest BCUT2D eigenvalue weighted by molar-refractivity contribution is 5.72.